The molecular weight excluding hydrogens is 505 g/mol. The van der Waals surface area contributed by atoms with Gasteiger partial charge in [0.2, 0.25) is 11.9 Å². The minimum atomic E-state index is -4.68. The number of nitrogen functional groups attached to an aromatic ring is 2. The van der Waals surface area contributed by atoms with Crippen LogP contribution < -0.4 is 16.2 Å². The summed E-state index contributed by atoms with van der Waals surface area (Å²) in [5, 5.41) is 3.75. The molecule has 1 saturated heterocycles. The Hall–Kier alpha value is -2.98. The first-order valence-corrected chi connectivity index (χ1v) is 12.6. The average Bonchev–Trinajstić information content (AvgIpc) is 3.15. The van der Waals surface area contributed by atoms with E-state index in [1.165, 1.54) is 6.07 Å². The molecule has 2 heterocycles. The Labute approximate surface area is 219 Å². The monoisotopic (exact) mass is 536 g/mol. The first-order valence-electron chi connectivity index (χ1n) is 12.2. The number of nitrogens with zero attached hydrogens (tertiary/aromatic N) is 4. The molecule has 1 atom stereocenters. The van der Waals surface area contributed by atoms with Crippen molar-refractivity contribution in [3.63, 3.8) is 0 Å². The van der Waals surface area contributed by atoms with E-state index in [4.69, 9.17) is 27.8 Å². The van der Waals surface area contributed by atoms with Crippen molar-refractivity contribution < 1.29 is 17.9 Å². The molecule has 1 aromatic heterocycles. The number of piperidine rings is 1. The van der Waals surface area contributed by atoms with Gasteiger partial charge < -0.3 is 16.2 Å². The lowest BCUT2D eigenvalue weighted by molar-refractivity contribution is -0.137. The van der Waals surface area contributed by atoms with Crippen LogP contribution in [0.5, 0.6) is 5.75 Å². The number of halogens is 4. The zero-order chi connectivity index (χ0) is 27.0. The van der Waals surface area contributed by atoms with Gasteiger partial charge in [0, 0.05) is 12.1 Å². The first kappa shape index (κ1) is 27.1. The molecule has 0 bridgehead atoms. The number of alkyl halides is 3. The molecule has 4 N–H and O–H groups in total. The van der Waals surface area contributed by atoms with Crippen LogP contribution in [0.1, 0.15) is 45.6 Å². The van der Waals surface area contributed by atoms with Crippen molar-refractivity contribution >= 4 is 23.5 Å². The van der Waals surface area contributed by atoms with E-state index in [-0.39, 0.29) is 39.7 Å². The van der Waals surface area contributed by atoms with E-state index in [0.717, 1.165) is 49.6 Å². The molecule has 1 aliphatic rings. The Morgan fingerprint density at radius 1 is 1.11 bits per heavy atom. The van der Waals surface area contributed by atoms with E-state index < -0.39 is 11.7 Å². The molecule has 0 spiro atoms. The predicted molar refractivity (Wildman–Crippen MR) is 140 cm³/mol. The van der Waals surface area contributed by atoms with Gasteiger partial charge in [-0.05, 0) is 67.6 Å². The van der Waals surface area contributed by atoms with Gasteiger partial charge in [0.25, 0.3) is 0 Å². The van der Waals surface area contributed by atoms with Crippen molar-refractivity contribution in [3.8, 4) is 22.6 Å². The van der Waals surface area contributed by atoms with Gasteiger partial charge in [-0.15, -0.1) is 5.10 Å². The Balaban J connectivity index is 1.55. The van der Waals surface area contributed by atoms with Crippen molar-refractivity contribution in [1.82, 2.24) is 19.7 Å². The molecule has 4 rings (SSSR count). The number of hydrogen-bond acceptors (Lipinski definition) is 6. The molecule has 37 heavy (non-hydrogen) atoms. The predicted octanol–water partition coefficient (Wildman–Crippen LogP) is 6.05. The Morgan fingerprint density at radius 3 is 2.41 bits per heavy atom. The van der Waals surface area contributed by atoms with Crippen molar-refractivity contribution in [2.75, 3.05) is 31.1 Å². The number of hydrogen-bond donors (Lipinski definition) is 2. The van der Waals surface area contributed by atoms with Crippen LogP contribution >= 0.6 is 11.6 Å². The fourth-order valence-corrected chi connectivity index (χ4v) is 4.78. The SMILES string of the molecule is CC(C)(C)CCN1CCCC(Oc2ccc(-c3c(Cl)cc(-n4nc(N)nc4N)cc3C(F)(F)F)cc2)C1. The number of nitrogens with two attached hydrogens (primary N) is 2. The Kier molecular flexibility index (Phi) is 7.62. The number of likely N-dealkylation sites (tertiary alicyclic amines) is 1. The second-order valence-electron chi connectivity index (χ2n) is 10.6. The summed E-state index contributed by atoms with van der Waals surface area (Å²) in [4.78, 5) is 6.16. The minimum absolute atomic E-state index is 0.0102. The van der Waals surface area contributed by atoms with Gasteiger partial charge in [0.05, 0.1) is 16.3 Å². The smallest absolute Gasteiger partial charge is 0.417 e. The molecule has 11 heteroatoms. The van der Waals surface area contributed by atoms with Crippen molar-refractivity contribution in [3.05, 3.63) is 47.0 Å². The summed E-state index contributed by atoms with van der Waals surface area (Å²) in [5.41, 5.74) is 10.8. The maximum atomic E-state index is 14.1. The third-order valence-corrected chi connectivity index (χ3v) is 6.66. The zero-order valence-electron chi connectivity index (χ0n) is 21.1. The summed E-state index contributed by atoms with van der Waals surface area (Å²) in [5.74, 6) is 0.311. The van der Waals surface area contributed by atoms with Crippen LogP contribution in [0.2, 0.25) is 5.02 Å². The van der Waals surface area contributed by atoms with Gasteiger partial charge in [-0.1, -0.05) is 44.5 Å². The third kappa shape index (κ3) is 6.67. The molecule has 7 nitrogen and oxygen atoms in total. The highest BCUT2D eigenvalue weighted by Gasteiger charge is 2.36. The van der Waals surface area contributed by atoms with Crippen molar-refractivity contribution in [2.24, 2.45) is 5.41 Å². The summed E-state index contributed by atoms with van der Waals surface area (Å²) in [7, 11) is 0. The Bertz CT molecular complexity index is 1240. The van der Waals surface area contributed by atoms with E-state index in [1.807, 2.05) is 0 Å². The number of rotatable bonds is 6. The van der Waals surface area contributed by atoms with Crippen LogP contribution in [0.25, 0.3) is 16.8 Å². The number of anilines is 2. The second-order valence-corrected chi connectivity index (χ2v) is 11.0. The van der Waals surface area contributed by atoms with Crippen LogP contribution in [-0.2, 0) is 6.18 Å². The number of benzene rings is 2. The van der Waals surface area contributed by atoms with Crippen molar-refractivity contribution in [2.45, 2.75) is 52.3 Å². The number of aromatic nitrogens is 3. The maximum absolute atomic E-state index is 14.1. The van der Waals surface area contributed by atoms with E-state index in [9.17, 15) is 13.2 Å². The molecule has 0 amide bonds. The van der Waals surface area contributed by atoms with Gasteiger partial charge >= 0.3 is 6.18 Å². The molecule has 0 radical (unpaired) electrons. The molecule has 0 aliphatic carbocycles. The Morgan fingerprint density at radius 2 is 1.81 bits per heavy atom. The van der Waals surface area contributed by atoms with Crippen LogP contribution in [0.4, 0.5) is 25.1 Å². The fraction of sp³-hybridized carbons (Fsp3) is 0.462. The van der Waals surface area contributed by atoms with Gasteiger partial charge in [0.15, 0.2) is 0 Å². The van der Waals surface area contributed by atoms with Crippen LogP contribution in [0.3, 0.4) is 0 Å². The fourth-order valence-electron chi connectivity index (χ4n) is 4.46. The second kappa shape index (κ2) is 10.4. The molecule has 0 saturated carbocycles. The molecule has 3 aromatic rings. The van der Waals surface area contributed by atoms with E-state index >= 15 is 0 Å². The van der Waals surface area contributed by atoms with E-state index in [2.05, 4.69) is 35.8 Å². The summed E-state index contributed by atoms with van der Waals surface area (Å²) in [6.45, 7) is 9.60. The van der Waals surface area contributed by atoms with Crippen LogP contribution in [0, 0.1) is 5.41 Å². The lowest BCUT2D eigenvalue weighted by Crippen LogP contribution is -2.42. The summed E-state index contributed by atoms with van der Waals surface area (Å²) >= 11 is 6.39. The van der Waals surface area contributed by atoms with Crippen LogP contribution in [-0.4, -0.2) is 45.4 Å². The van der Waals surface area contributed by atoms with E-state index in [0.29, 0.717) is 11.3 Å². The highest BCUT2D eigenvalue weighted by molar-refractivity contribution is 6.33. The topological polar surface area (TPSA) is 95.2 Å². The van der Waals surface area contributed by atoms with Gasteiger partial charge in [0.1, 0.15) is 11.9 Å². The molecule has 2 aromatic carbocycles. The molecule has 200 valence electrons. The number of ether oxygens (including phenoxy) is 1. The van der Waals surface area contributed by atoms with E-state index in [1.54, 1.807) is 24.3 Å². The highest BCUT2D eigenvalue weighted by Crippen LogP contribution is 2.43. The summed E-state index contributed by atoms with van der Waals surface area (Å²) in [6, 6.07) is 8.84. The lowest BCUT2D eigenvalue weighted by atomic mass is 9.91. The van der Waals surface area contributed by atoms with Gasteiger partial charge in [-0.25, -0.2) is 0 Å². The normalized spacial score (nSPS) is 17.2. The minimum Gasteiger partial charge on any atom is -0.489 e. The first-order chi connectivity index (χ1) is 17.3. The van der Waals surface area contributed by atoms with Crippen LogP contribution in [0.15, 0.2) is 36.4 Å². The summed E-state index contributed by atoms with van der Waals surface area (Å²) in [6.07, 6.45) is -1.55. The molecular formula is C26H32ClF3N6O. The van der Waals surface area contributed by atoms with Gasteiger partial charge in [-0.3, -0.25) is 4.90 Å². The quantitative estimate of drug-likeness (QED) is 0.398. The lowest BCUT2D eigenvalue weighted by Gasteiger charge is -2.34. The molecule has 1 aliphatic heterocycles. The maximum Gasteiger partial charge on any atom is 0.417 e. The average molecular weight is 537 g/mol. The zero-order valence-corrected chi connectivity index (χ0v) is 21.9. The van der Waals surface area contributed by atoms with Crippen molar-refractivity contribution in [1.29, 1.82) is 0 Å². The third-order valence-electron chi connectivity index (χ3n) is 6.36. The molecule has 1 unspecified atom stereocenters. The largest absolute Gasteiger partial charge is 0.489 e. The summed E-state index contributed by atoms with van der Waals surface area (Å²) < 4.78 is 49.5. The highest BCUT2D eigenvalue weighted by atomic mass is 35.5. The molecule has 1 fully saturated rings. The van der Waals surface area contributed by atoms with Gasteiger partial charge in [-0.2, -0.15) is 22.8 Å². The standard InChI is InChI=1S/C26H32ClF3N6O/c1-25(2,3)10-12-35-11-4-5-19(15-35)37-18-8-6-16(7-9-18)22-20(26(28,29)30)13-17(14-21(22)27)36-24(32)33-23(31)34-36/h6-9,13-14,19H,4-5,10-12,15H2,1-3H3,(H4,31,32,33,34).